The molecule has 1 aromatic rings. The van der Waals surface area contributed by atoms with Crippen LogP contribution in [-0.2, 0) is 4.57 Å². The maximum atomic E-state index is 10.9. The third-order valence-electron chi connectivity index (χ3n) is 2.04. The van der Waals surface area contributed by atoms with E-state index in [1.54, 1.807) is 13.8 Å². The number of rotatable bonds is 1. The van der Waals surface area contributed by atoms with Crippen LogP contribution in [-0.4, -0.2) is 14.9 Å². The molecule has 0 radical (unpaired) electrons. The summed E-state index contributed by atoms with van der Waals surface area (Å²) in [6.45, 7) is 3.19. The van der Waals surface area contributed by atoms with Gasteiger partial charge in [0.15, 0.2) is 0 Å². The molecule has 72 valence electrons. The van der Waals surface area contributed by atoms with E-state index in [0.29, 0.717) is 11.1 Å². The van der Waals surface area contributed by atoms with Gasteiger partial charge in [-0.1, -0.05) is 0 Å². The molecule has 0 spiro atoms. The fourth-order valence-electron chi connectivity index (χ4n) is 1.11. The molecule has 1 rings (SSSR count). The van der Waals surface area contributed by atoms with E-state index in [2.05, 4.69) is 0 Å². The van der Waals surface area contributed by atoms with E-state index in [1.807, 2.05) is 0 Å². The van der Waals surface area contributed by atoms with Gasteiger partial charge in [-0.05, 0) is 37.1 Å². The molecule has 0 heterocycles. The summed E-state index contributed by atoms with van der Waals surface area (Å²) in [7, 11) is -4.21. The molecule has 5 heteroatoms. The maximum absolute atomic E-state index is 10.9. The number of aromatic hydroxyl groups is 1. The van der Waals surface area contributed by atoms with E-state index in [1.165, 1.54) is 12.1 Å². The third-order valence-corrected chi connectivity index (χ3v) is 3.16. The SMILES string of the molecule is Cc1c(O)ccc(P(=O)(O)O)c1C. The van der Waals surface area contributed by atoms with Crippen LogP contribution in [0.4, 0.5) is 0 Å². The van der Waals surface area contributed by atoms with Gasteiger partial charge in [0.25, 0.3) is 0 Å². The fourth-order valence-corrected chi connectivity index (χ4v) is 1.98. The highest BCUT2D eigenvalue weighted by Crippen LogP contribution is 2.36. The summed E-state index contributed by atoms with van der Waals surface area (Å²) in [5.74, 6) is 0.0506. The van der Waals surface area contributed by atoms with Gasteiger partial charge >= 0.3 is 7.60 Å². The predicted octanol–water partition coefficient (Wildman–Crippen LogP) is 0.812. The van der Waals surface area contributed by atoms with Gasteiger partial charge in [-0.15, -0.1) is 0 Å². The van der Waals surface area contributed by atoms with E-state index in [0.717, 1.165) is 0 Å². The van der Waals surface area contributed by atoms with Gasteiger partial charge in [0.05, 0.1) is 5.30 Å². The third kappa shape index (κ3) is 1.91. The van der Waals surface area contributed by atoms with Crippen molar-refractivity contribution in [3.05, 3.63) is 23.3 Å². The summed E-state index contributed by atoms with van der Waals surface area (Å²) in [5, 5.41) is 9.21. The van der Waals surface area contributed by atoms with Crippen molar-refractivity contribution < 1.29 is 19.5 Å². The van der Waals surface area contributed by atoms with Crippen molar-refractivity contribution in [3.63, 3.8) is 0 Å². The Morgan fingerprint density at radius 1 is 1.15 bits per heavy atom. The average Bonchev–Trinajstić information content (AvgIpc) is 1.98. The first-order valence-corrected chi connectivity index (χ1v) is 5.30. The molecule has 0 saturated carbocycles. The monoisotopic (exact) mass is 202 g/mol. The molecule has 4 nitrogen and oxygen atoms in total. The Kier molecular flexibility index (Phi) is 2.48. The van der Waals surface area contributed by atoms with E-state index in [9.17, 15) is 9.67 Å². The molecular formula is C8H11O4P. The minimum absolute atomic E-state index is 0.0252. The second-order valence-corrected chi connectivity index (χ2v) is 4.47. The van der Waals surface area contributed by atoms with Gasteiger partial charge in [0.2, 0.25) is 0 Å². The second-order valence-electron chi connectivity index (χ2n) is 2.90. The first-order valence-electron chi connectivity index (χ1n) is 3.69. The van der Waals surface area contributed by atoms with E-state index in [-0.39, 0.29) is 11.1 Å². The molecule has 0 aliphatic carbocycles. The Hall–Kier alpha value is -0.830. The van der Waals surface area contributed by atoms with Gasteiger partial charge in [0.1, 0.15) is 5.75 Å². The molecule has 0 unspecified atom stereocenters. The van der Waals surface area contributed by atoms with Gasteiger partial charge in [-0.2, -0.15) is 0 Å². The molecule has 0 amide bonds. The smallest absolute Gasteiger partial charge is 0.356 e. The minimum atomic E-state index is -4.21. The molecule has 0 aromatic heterocycles. The topological polar surface area (TPSA) is 77.8 Å². The average molecular weight is 202 g/mol. The lowest BCUT2D eigenvalue weighted by Crippen LogP contribution is -2.09. The summed E-state index contributed by atoms with van der Waals surface area (Å²) in [6, 6.07) is 2.54. The molecule has 0 bridgehead atoms. The van der Waals surface area contributed by atoms with E-state index >= 15 is 0 Å². The number of hydrogen-bond donors (Lipinski definition) is 3. The van der Waals surface area contributed by atoms with Crippen LogP contribution in [0.15, 0.2) is 12.1 Å². The Morgan fingerprint density at radius 3 is 2.15 bits per heavy atom. The summed E-state index contributed by atoms with van der Waals surface area (Å²) >= 11 is 0. The lowest BCUT2D eigenvalue weighted by Gasteiger charge is -2.10. The Balaban J connectivity index is 3.44. The molecule has 13 heavy (non-hydrogen) atoms. The molecule has 0 aliphatic heterocycles. The number of phenols is 1. The normalized spacial score (nSPS) is 11.7. The van der Waals surface area contributed by atoms with Crippen molar-refractivity contribution in [2.24, 2.45) is 0 Å². The molecule has 0 fully saturated rings. The summed E-state index contributed by atoms with van der Waals surface area (Å²) in [5.41, 5.74) is 0.939. The van der Waals surface area contributed by atoms with Crippen molar-refractivity contribution in [3.8, 4) is 5.75 Å². The zero-order valence-corrected chi connectivity index (χ0v) is 8.25. The minimum Gasteiger partial charge on any atom is -0.508 e. The molecule has 0 aliphatic rings. The Labute approximate surface area is 76.0 Å². The van der Waals surface area contributed by atoms with Gasteiger partial charge in [0, 0.05) is 0 Å². The maximum Gasteiger partial charge on any atom is 0.356 e. The Morgan fingerprint density at radius 2 is 1.69 bits per heavy atom. The molecule has 1 aromatic carbocycles. The van der Waals surface area contributed by atoms with Crippen LogP contribution in [0.3, 0.4) is 0 Å². The van der Waals surface area contributed by atoms with Crippen LogP contribution in [0.1, 0.15) is 11.1 Å². The van der Waals surface area contributed by atoms with Crippen LogP contribution in [0.2, 0.25) is 0 Å². The van der Waals surface area contributed by atoms with Gasteiger partial charge in [-0.25, -0.2) is 0 Å². The highest BCUT2D eigenvalue weighted by Gasteiger charge is 2.21. The van der Waals surface area contributed by atoms with Crippen LogP contribution >= 0.6 is 7.60 Å². The van der Waals surface area contributed by atoms with Crippen LogP contribution in [0.25, 0.3) is 0 Å². The van der Waals surface area contributed by atoms with Crippen LogP contribution < -0.4 is 5.30 Å². The van der Waals surface area contributed by atoms with Crippen LogP contribution in [0.5, 0.6) is 5.75 Å². The van der Waals surface area contributed by atoms with Crippen molar-refractivity contribution in [2.75, 3.05) is 0 Å². The first kappa shape index (κ1) is 10.3. The standard InChI is InChI=1S/C8H11O4P/c1-5-6(2)8(13(10,11)12)4-3-7(5)9/h3-4,9H,1-2H3,(H2,10,11,12). The van der Waals surface area contributed by atoms with Crippen molar-refractivity contribution in [2.45, 2.75) is 13.8 Å². The Bertz CT molecular complexity index is 380. The van der Waals surface area contributed by atoms with E-state index < -0.39 is 7.60 Å². The summed E-state index contributed by atoms with van der Waals surface area (Å²) < 4.78 is 10.9. The molecule has 0 atom stereocenters. The summed E-state index contributed by atoms with van der Waals surface area (Å²) in [4.78, 5) is 17.8. The number of benzene rings is 1. The molecular weight excluding hydrogens is 191 g/mol. The largest absolute Gasteiger partial charge is 0.508 e. The molecule has 0 saturated heterocycles. The quantitative estimate of drug-likeness (QED) is 0.589. The van der Waals surface area contributed by atoms with Crippen molar-refractivity contribution in [1.82, 2.24) is 0 Å². The summed E-state index contributed by atoms with van der Waals surface area (Å²) in [6.07, 6.45) is 0. The van der Waals surface area contributed by atoms with Gasteiger partial charge < -0.3 is 14.9 Å². The highest BCUT2D eigenvalue weighted by molar-refractivity contribution is 7.60. The lowest BCUT2D eigenvalue weighted by molar-refractivity contribution is 0.387. The van der Waals surface area contributed by atoms with Crippen molar-refractivity contribution >= 4 is 12.9 Å². The molecule has 3 N–H and O–H groups in total. The zero-order valence-electron chi connectivity index (χ0n) is 7.35. The second kappa shape index (κ2) is 3.14. The fraction of sp³-hybridized carbons (Fsp3) is 0.250. The highest BCUT2D eigenvalue weighted by atomic mass is 31.2. The van der Waals surface area contributed by atoms with Crippen LogP contribution in [0, 0.1) is 13.8 Å². The predicted molar refractivity (Wildman–Crippen MR) is 49.3 cm³/mol. The van der Waals surface area contributed by atoms with E-state index in [4.69, 9.17) is 9.79 Å². The first-order chi connectivity index (χ1) is 5.84. The van der Waals surface area contributed by atoms with Crippen molar-refractivity contribution in [1.29, 1.82) is 0 Å². The number of hydrogen-bond acceptors (Lipinski definition) is 2. The zero-order chi connectivity index (χ0) is 10.2. The number of phenolic OH excluding ortho intramolecular Hbond substituents is 1. The lowest BCUT2D eigenvalue weighted by atomic mass is 10.1. The van der Waals surface area contributed by atoms with Gasteiger partial charge in [-0.3, -0.25) is 4.57 Å².